The molecule has 1 heterocycles. The van der Waals surface area contributed by atoms with Gasteiger partial charge in [-0.2, -0.15) is 0 Å². The van der Waals surface area contributed by atoms with E-state index >= 15 is 0 Å². The molecule has 0 amide bonds. The molecule has 0 atom stereocenters. The lowest BCUT2D eigenvalue weighted by molar-refractivity contribution is 0.386. The van der Waals surface area contributed by atoms with Crippen LogP contribution in [0.3, 0.4) is 0 Å². The quantitative estimate of drug-likeness (QED) is 0.898. The predicted octanol–water partition coefficient (Wildman–Crippen LogP) is 3.11. The Labute approximate surface area is 111 Å². The number of nitrogens with one attached hydrogen (secondary N) is 1. The van der Waals surface area contributed by atoms with Gasteiger partial charge in [-0.1, -0.05) is 6.92 Å². The van der Waals surface area contributed by atoms with Gasteiger partial charge in [0.05, 0.1) is 7.11 Å². The third kappa shape index (κ3) is 3.19. The van der Waals surface area contributed by atoms with Crippen molar-refractivity contribution in [2.75, 3.05) is 19.0 Å². The van der Waals surface area contributed by atoms with Crippen molar-refractivity contribution in [1.29, 1.82) is 0 Å². The van der Waals surface area contributed by atoms with E-state index in [9.17, 15) is 4.39 Å². The first kappa shape index (κ1) is 13.3. The molecule has 1 aromatic carbocycles. The number of ether oxygens (including phenoxy) is 1. The summed E-state index contributed by atoms with van der Waals surface area (Å²) in [6.45, 7) is 2.92. The number of halogens is 1. The van der Waals surface area contributed by atoms with Gasteiger partial charge in [0, 0.05) is 18.3 Å². The number of hydrogen-bond donors (Lipinski definition) is 1. The van der Waals surface area contributed by atoms with Crippen molar-refractivity contribution in [3.05, 3.63) is 36.3 Å². The van der Waals surface area contributed by atoms with Crippen LogP contribution in [0.15, 0.2) is 30.5 Å². The SMILES string of the molecule is CCCNc1ccnc(-c2ccc(OC)c(F)c2)n1. The van der Waals surface area contributed by atoms with Crippen molar-refractivity contribution in [3.63, 3.8) is 0 Å². The van der Waals surface area contributed by atoms with E-state index in [1.165, 1.54) is 13.2 Å². The minimum absolute atomic E-state index is 0.212. The van der Waals surface area contributed by atoms with Crippen molar-refractivity contribution >= 4 is 5.82 Å². The Bertz CT molecular complexity index is 560. The number of methoxy groups -OCH3 is 1. The van der Waals surface area contributed by atoms with Crippen LogP contribution in [-0.4, -0.2) is 23.6 Å². The maximum absolute atomic E-state index is 13.6. The second-order valence-electron chi connectivity index (χ2n) is 4.04. The summed E-state index contributed by atoms with van der Waals surface area (Å²) in [6, 6.07) is 6.47. The summed E-state index contributed by atoms with van der Waals surface area (Å²) in [5.74, 6) is 1.02. The minimum atomic E-state index is -0.421. The Balaban J connectivity index is 2.28. The first-order valence-electron chi connectivity index (χ1n) is 6.15. The molecule has 2 aromatic rings. The lowest BCUT2D eigenvalue weighted by Gasteiger charge is -2.07. The molecule has 0 fully saturated rings. The largest absolute Gasteiger partial charge is 0.494 e. The highest BCUT2D eigenvalue weighted by Crippen LogP contribution is 2.23. The van der Waals surface area contributed by atoms with Crippen LogP contribution in [0, 0.1) is 5.82 Å². The van der Waals surface area contributed by atoms with Gasteiger partial charge >= 0.3 is 0 Å². The summed E-state index contributed by atoms with van der Waals surface area (Å²) in [5, 5.41) is 3.17. The van der Waals surface area contributed by atoms with Crippen LogP contribution in [0.25, 0.3) is 11.4 Å². The summed E-state index contributed by atoms with van der Waals surface area (Å²) >= 11 is 0. The van der Waals surface area contributed by atoms with Crippen LogP contribution < -0.4 is 10.1 Å². The molecule has 0 radical (unpaired) electrons. The molecule has 0 unspecified atom stereocenters. The number of anilines is 1. The fraction of sp³-hybridized carbons (Fsp3) is 0.286. The highest BCUT2D eigenvalue weighted by atomic mass is 19.1. The second kappa shape index (κ2) is 6.13. The fourth-order valence-corrected chi connectivity index (χ4v) is 1.65. The molecular weight excluding hydrogens is 245 g/mol. The molecule has 0 spiro atoms. The third-order valence-corrected chi connectivity index (χ3v) is 2.62. The Kier molecular flexibility index (Phi) is 4.28. The van der Waals surface area contributed by atoms with E-state index in [1.807, 2.05) is 0 Å². The van der Waals surface area contributed by atoms with Crippen LogP contribution in [0.1, 0.15) is 13.3 Å². The van der Waals surface area contributed by atoms with Gasteiger partial charge in [-0.25, -0.2) is 14.4 Å². The zero-order valence-electron chi connectivity index (χ0n) is 11.0. The maximum Gasteiger partial charge on any atom is 0.165 e. The molecule has 5 heteroatoms. The lowest BCUT2D eigenvalue weighted by Crippen LogP contribution is -2.03. The van der Waals surface area contributed by atoms with Gasteiger partial charge in [0.25, 0.3) is 0 Å². The van der Waals surface area contributed by atoms with Crippen LogP contribution in [0.5, 0.6) is 5.75 Å². The molecule has 1 aromatic heterocycles. The predicted molar refractivity (Wildman–Crippen MR) is 72.8 cm³/mol. The molecule has 0 aliphatic heterocycles. The molecule has 4 nitrogen and oxygen atoms in total. The van der Waals surface area contributed by atoms with Crippen LogP contribution >= 0.6 is 0 Å². The van der Waals surface area contributed by atoms with Gasteiger partial charge in [0.1, 0.15) is 5.82 Å². The van der Waals surface area contributed by atoms with E-state index in [1.54, 1.807) is 24.4 Å². The number of nitrogens with zero attached hydrogens (tertiary/aromatic N) is 2. The summed E-state index contributed by atoms with van der Waals surface area (Å²) in [4.78, 5) is 8.50. The zero-order valence-corrected chi connectivity index (χ0v) is 11.0. The van der Waals surface area contributed by atoms with Crippen molar-refractivity contribution in [1.82, 2.24) is 9.97 Å². The maximum atomic E-state index is 13.6. The van der Waals surface area contributed by atoms with E-state index < -0.39 is 5.82 Å². The average molecular weight is 261 g/mol. The van der Waals surface area contributed by atoms with Crippen LogP contribution in [0.2, 0.25) is 0 Å². The number of hydrogen-bond acceptors (Lipinski definition) is 4. The highest BCUT2D eigenvalue weighted by Gasteiger charge is 2.07. The van der Waals surface area contributed by atoms with Gasteiger partial charge in [-0.15, -0.1) is 0 Å². The van der Waals surface area contributed by atoms with Crippen molar-refractivity contribution in [2.45, 2.75) is 13.3 Å². The standard InChI is InChI=1S/C14H16FN3O/c1-3-7-16-13-6-8-17-14(18-13)10-4-5-12(19-2)11(15)9-10/h4-6,8-9H,3,7H2,1-2H3,(H,16,17,18). The van der Waals surface area contributed by atoms with E-state index in [4.69, 9.17) is 4.74 Å². The first-order chi connectivity index (χ1) is 9.24. The molecule has 0 saturated carbocycles. The van der Waals surface area contributed by atoms with Gasteiger partial charge < -0.3 is 10.1 Å². The van der Waals surface area contributed by atoms with Crippen molar-refractivity contribution in [3.8, 4) is 17.1 Å². The fourth-order valence-electron chi connectivity index (χ4n) is 1.65. The lowest BCUT2D eigenvalue weighted by atomic mass is 10.2. The van der Waals surface area contributed by atoms with E-state index in [2.05, 4.69) is 22.2 Å². The molecule has 19 heavy (non-hydrogen) atoms. The molecule has 0 aliphatic carbocycles. The normalized spacial score (nSPS) is 10.3. The Morgan fingerprint density at radius 2 is 2.16 bits per heavy atom. The molecule has 0 bridgehead atoms. The third-order valence-electron chi connectivity index (χ3n) is 2.62. The summed E-state index contributed by atoms with van der Waals surface area (Å²) < 4.78 is 18.5. The minimum Gasteiger partial charge on any atom is -0.494 e. The van der Waals surface area contributed by atoms with Gasteiger partial charge in [-0.05, 0) is 30.7 Å². The van der Waals surface area contributed by atoms with Gasteiger partial charge in [0.15, 0.2) is 17.4 Å². The molecule has 1 N–H and O–H groups in total. The van der Waals surface area contributed by atoms with Gasteiger partial charge in [0.2, 0.25) is 0 Å². The smallest absolute Gasteiger partial charge is 0.165 e. The van der Waals surface area contributed by atoms with Crippen LogP contribution in [0.4, 0.5) is 10.2 Å². The topological polar surface area (TPSA) is 47.0 Å². The first-order valence-corrected chi connectivity index (χ1v) is 6.15. The second-order valence-corrected chi connectivity index (χ2v) is 4.04. The van der Waals surface area contributed by atoms with Crippen LogP contribution in [-0.2, 0) is 0 Å². The Hall–Kier alpha value is -2.17. The summed E-state index contributed by atoms with van der Waals surface area (Å²) in [5.41, 5.74) is 0.624. The zero-order chi connectivity index (χ0) is 13.7. The van der Waals surface area contributed by atoms with E-state index in [0.717, 1.165) is 18.8 Å². The number of rotatable bonds is 5. The number of benzene rings is 1. The van der Waals surface area contributed by atoms with Crippen molar-refractivity contribution in [2.24, 2.45) is 0 Å². The Morgan fingerprint density at radius 1 is 1.32 bits per heavy atom. The molecule has 0 saturated heterocycles. The van der Waals surface area contributed by atoms with Gasteiger partial charge in [-0.3, -0.25) is 0 Å². The van der Waals surface area contributed by atoms with E-state index in [0.29, 0.717) is 11.4 Å². The molecular formula is C14H16FN3O. The van der Waals surface area contributed by atoms with E-state index in [-0.39, 0.29) is 5.75 Å². The molecule has 0 aliphatic rings. The molecule has 100 valence electrons. The monoisotopic (exact) mass is 261 g/mol. The Morgan fingerprint density at radius 3 is 2.84 bits per heavy atom. The highest BCUT2D eigenvalue weighted by molar-refractivity contribution is 5.58. The molecule has 2 rings (SSSR count). The summed E-state index contributed by atoms with van der Waals surface area (Å²) in [7, 11) is 1.43. The van der Waals surface area contributed by atoms with Crippen molar-refractivity contribution < 1.29 is 9.13 Å². The summed E-state index contributed by atoms with van der Waals surface area (Å²) in [6.07, 6.45) is 2.67. The average Bonchev–Trinajstić information content (AvgIpc) is 2.45. The number of aromatic nitrogens is 2.